The summed E-state index contributed by atoms with van der Waals surface area (Å²) in [5.41, 5.74) is 4.31. The molecule has 0 bridgehead atoms. The summed E-state index contributed by atoms with van der Waals surface area (Å²) < 4.78 is 5.06. The molecule has 1 aromatic carbocycles. The van der Waals surface area contributed by atoms with Crippen LogP contribution in [0.25, 0.3) is 0 Å². The molecule has 140 valence electrons. The number of aryl methyl sites for hydroxylation is 2. The van der Waals surface area contributed by atoms with E-state index in [2.05, 4.69) is 16.7 Å². The highest BCUT2D eigenvalue weighted by Gasteiger charge is 2.35. The van der Waals surface area contributed by atoms with Gasteiger partial charge in [0, 0.05) is 0 Å². The summed E-state index contributed by atoms with van der Waals surface area (Å²) in [5, 5.41) is 5.77. The average Bonchev–Trinajstić information content (AvgIpc) is 2.61. The van der Waals surface area contributed by atoms with Gasteiger partial charge in [-0.15, -0.1) is 0 Å². The van der Waals surface area contributed by atoms with Crippen molar-refractivity contribution >= 4 is 12.0 Å². The van der Waals surface area contributed by atoms with E-state index in [1.54, 1.807) is 0 Å². The van der Waals surface area contributed by atoms with Gasteiger partial charge >= 0.3 is 12.0 Å². The first-order valence-electron chi connectivity index (χ1n) is 9.29. The molecule has 0 spiro atoms. The van der Waals surface area contributed by atoms with Crippen molar-refractivity contribution in [2.45, 2.75) is 39.2 Å². The van der Waals surface area contributed by atoms with E-state index >= 15 is 0 Å². The molecule has 2 amide bonds. The fourth-order valence-electron chi connectivity index (χ4n) is 3.97. The van der Waals surface area contributed by atoms with E-state index in [4.69, 9.17) is 4.74 Å². The zero-order valence-electron chi connectivity index (χ0n) is 15.8. The molecule has 0 aromatic heterocycles. The molecule has 1 aromatic rings. The molecule has 0 unspecified atom stereocenters. The monoisotopic (exact) mass is 358 g/mol. The lowest BCUT2D eigenvalue weighted by molar-refractivity contribution is -0.900. The predicted octanol–water partition coefficient (Wildman–Crippen LogP) is 1.15. The largest absolute Gasteiger partial charge is 0.466 e. The minimum atomic E-state index is -0.490. The Kier molecular flexibility index (Phi) is 5.61. The number of rotatable bonds is 4. The molecule has 6 heteroatoms. The van der Waals surface area contributed by atoms with Crippen molar-refractivity contribution in [1.82, 2.24) is 10.6 Å². The second-order valence-electron chi connectivity index (χ2n) is 7.26. The highest BCUT2D eigenvalue weighted by molar-refractivity contribution is 5.95. The van der Waals surface area contributed by atoms with E-state index in [-0.39, 0.29) is 6.03 Å². The molecule has 0 aliphatic carbocycles. The summed E-state index contributed by atoms with van der Waals surface area (Å²) >= 11 is 0. The Balaban J connectivity index is 2.01. The van der Waals surface area contributed by atoms with E-state index < -0.39 is 12.0 Å². The number of likely N-dealkylation sites (tertiary alicyclic amines) is 1. The van der Waals surface area contributed by atoms with Crippen LogP contribution in [0.1, 0.15) is 42.0 Å². The lowest BCUT2D eigenvalue weighted by atomic mass is 9.91. The smallest absolute Gasteiger partial charge is 0.338 e. The van der Waals surface area contributed by atoms with Crippen LogP contribution in [0.4, 0.5) is 4.79 Å². The number of hydrogen-bond acceptors (Lipinski definition) is 3. The number of carbonyl (C=O) groups excluding carboxylic acids is 2. The summed E-state index contributed by atoms with van der Waals surface area (Å²) in [5.74, 6) is -0.395. The molecular weight excluding hydrogens is 330 g/mol. The summed E-state index contributed by atoms with van der Waals surface area (Å²) in [4.78, 5) is 26.3. The van der Waals surface area contributed by atoms with Gasteiger partial charge in [-0.1, -0.05) is 23.8 Å². The summed E-state index contributed by atoms with van der Waals surface area (Å²) in [6.45, 7) is 6.80. The first kappa shape index (κ1) is 18.5. The lowest BCUT2D eigenvalue weighted by Gasteiger charge is -2.32. The van der Waals surface area contributed by atoms with Gasteiger partial charge in [0.05, 0.1) is 37.5 Å². The minimum Gasteiger partial charge on any atom is -0.466 e. The molecule has 6 nitrogen and oxygen atoms in total. The number of piperidine rings is 1. The van der Waals surface area contributed by atoms with Gasteiger partial charge in [0.25, 0.3) is 0 Å². The first-order chi connectivity index (χ1) is 12.5. The van der Waals surface area contributed by atoms with E-state index in [0.717, 1.165) is 29.8 Å². The van der Waals surface area contributed by atoms with Gasteiger partial charge in [0.2, 0.25) is 0 Å². The molecule has 1 atom stereocenters. The number of hydrogen-bond donors (Lipinski definition) is 3. The SMILES string of the molecule is COC(=O)C1=C(C[NH+]2CCCCC2)NC(=O)N[C@@H]1c1ccc(C)cc1C. The van der Waals surface area contributed by atoms with Crippen molar-refractivity contribution in [3.05, 3.63) is 46.2 Å². The Bertz CT molecular complexity index is 736. The van der Waals surface area contributed by atoms with Gasteiger partial charge in [-0.05, 0) is 44.2 Å². The van der Waals surface area contributed by atoms with E-state index in [0.29, 0.717) is 17.8 Å². The first-order valence-corrected chi connectivity index (χ1v) is 9.29. The second kappa shape index (κ2) is 7.91. The number of methoxy groups -OCH3 is 1. The van der Waals surface area contributed by atoms with Crippen LogP contribution in [0, 0.1) is 13.8 Å². The van der Waals surface area contributed by atoms with Gasteiger partial charge in [-0.25, -0.2) is 9.59 Å². The molecule has 1 fully saturated rings. The Hall–Kier alpha value is -2.34. The van der Waals surface area contributed by atoms with E-state index in [9.17, 15) is 9.59 Å². The Morgan fingerprint density at radius 2 is 1.96 bits per heavy atom. The number of quaternary nitrogens is 1. The van der Waals surface area contributed by atoms with Crippen molar-refractivity contribution < 1.29 is 19.2 Å². The molecule has 1 saturated heterocycles. The topological polar surface area (TPSA) is 71.9 Å². The van der Waals surface area contributed by atoms with Crippen molar-refractivity contribution in [2.75, 3.05) is 26.7 Å². The fourth-order valence-corrected chi connectivity index (χ4v) is 3.97. The Morgan fingerprint density at radius 3 is 2.62 bits per heavy atom. The zero-order chi connectivity index (χ0) is 18.7. The summed E-state index contributed by atoms with van der Waals surface area (Å²) in [6, 6.07) is 5.29. The Morgan fingerprint density at radius 1 is 1.23 bits per heavy atom. The lowest BCUT2D eigenvalue weighted by Crippen LogP contribution is -3.13. The molecule has 0 saturated carbocycles. The maximum Gasteiger partial charge on any atom is 0.338 e. The predicted molar refractivity (Wildman–Crippen MR) is 98.8 cm³/mol. The standard InChI is InChI=1S/C20H27N3O3/c1-13-7-8-15(14(2)11-13)18-17(19(24)26-3)16(21-20(25)22-18)12-23-9-5-4-6-10-23/h7-8,11,18H,4-6,9-10,12H2,1-3H3,(H2,21,22,25)/p+1/t18-/m1/s1. The molecule has 26 heavy (non-hydrogen) atoms. The molecule has 0 radical (unpaired) electrons. The van der Waals surface area contributed by atoms with Crippen LogP contribution in [-0.4, -0.2) is 38.7 Å². The zero-order valence-corrected chi connectivity index (χ0v) is 15.8. The number of benzene rings is 1. The summed E-state index contributed by atoms with van der Waals surface area (Å²) in [7, 11) is 1.39. The number of esters is 1. The number of ether oxygens (including phenoxy) is 1. The van der Waals surface area contributed by atoms with E-state index in [1.165, 1.54) is 31.3 Å². The highest BCUT2D eigenvalue weighted by atomic mass is 16.5. The van der Waals surface area contributed by atoms with Gasteiger partial charge in [-0.3, -0.25) is 0 Å². The molecule has 2 aliphatic heterocycles. The third-order valence-corrected chi connectivity index (χ3v) is 5.28. The van der Waals surface area contributed by atoms with Crippen molar-refractivity contribution in [3.8, 4) is 0 Å². The maximum atomic E-state index is 12.6. The third kappa shape index (κ3) is 3.90. The van der Waals surface area contributed by atoms with Crippen molar-refractivity contribution in [2.24, 2.45) is 0 Å². The quantitative estimate of drug-likeness (QED) is 0.707. The van der Waals surface area contributed by atoms with Gasteiger partial charge in [0.15, 0.2) is 0 Å². The van der Waals surface area contributed by atoms with E-state index in [1.807, 2.05) is 26.0 Å². The minimum absolute atomic E-state index is 0.269. The van der Waals surface area contributed by atoms with Crippen LogP contribution in [0.5, 0.6) is 0 Å². The summed E-state index contributed by atoms with van der Waals surface area (Å²) in [6.07, 6.45) is 3.62. The number of urea groups is 1. The molecule has 2 aliphatic rings. The van der Waals surface area contributed by atoms with Crippen molar-refractivity contribution in [1.29, 1.82) is 0 Å². The van der Waals surface area contributed by atoms with Crippen LogP contribution in [0.3, 0.4) is 0 Å². The molecule has 3 N–H and O–H groups in total. The van der Waals surface area contributed by atoms with Gasteiger partial charge in [-0.2, -0.15) is 0 Å². The number of nitrogens with one attached hydrogen (secondary N) is 3. The third-order valence-electron chi connectivity index (χ3n) is 5.28. The molecule has 3 rings (SSSR count). The number of carbonyl (C=O) groups is 2. The van der Waals surface area contributed by atoms with Crippen LogP contribution in [0.2, 0.25) is 0 Å². The van der Waals surface area contributed by atoms with Crippen LogP contribution in [-0.2, 0) is 9.53 Å². The van der Waals surface area contributed by atoms with Crippen LogP contribution in [0.15, 0.2) is 29.5 Å². The maximum absolute atomic E-state index is 12.6. The fraction of sp³-hybridized carbons (Fsp3) is 0.500. The molecular formula is C20H28N3O3+. The van der Waals surface area contributed by atoms with Crippen molar-refractivity contribution in [3.63, 3.8) is 0 Å². The Labute approximate surface area is 154 Å². The molecule has 2 heterocycles. The number of amides is 2. The van der Waals surface area contributed by atoms with Crippen LogP contribution >= 0.6 is 0 Å². The van der Waals surface area contributed by atoms with Gasteiger partial charge in [0.1, 0.15) is 6.54 Å². The van der Waals surface area contributed by atoms with Gasteiger partial charge < -0.3 is 20.3 Å². The average molecular weight is 358 g/mol. The second-order valence-corrected chi connectivity index (χ2v) is 7.26. The normalized spacial score (nSPS) is 21.2. The highest BCUT2D eigenvalue weighted by Crippen LogP contribution is 2.29. The van der Waals surface area contributed by atoms with Crippen LogP contribution < -0.4 is 15.5 Å².